The van der Waals surface area contributed by atoms with Crippen molar-refractivity contribution in [3.63, 3.8) is 0 Å². The molecule has 0 aliphatic rings. The first-order valence-corrected chi connectivity index (χ1v) is 8.64. The third-order valence-electron chi connectivity index (χ3n) is 3.69. The number of methoxy groups -OCH3 is 1. The van der Waals surface area contributed by atoms with Crippen molar-refractivity contribution in [3.05, 3.63) is 40.8 Å². The second kappa shape index (κ2) is 9.22. The number of hydrogen-bond acceptors (Lipinski definition) is 5. The summed E-state index contributed by atoms with van der Waals surface area (Å²) in [6, 6.07) is 3.61. The van der Waals surface area contributed by atoms with Crippen LogP contribution in [0.4, 0.5) is 11.5 Å². The number of aryl methyl sites for hydroxylation is 1. The van der Waals surface area contributed by atoms with Crippen LogP contribution in [0.15, 0.2) is 24.5 Å². The van der Waals surface area contributed by atoms with E-state index in [2.05, 4.69) is 27.5 Å². The predicted octanol–water partition coefficient (Wildman–Crippen LogP) is 4.11. The van der Waals surface area contributed by atoms with Gasteiger partial charge in [-0.05, 0) is 25.0 Å². The Hall–Kier alpha value is -2.34. The molecule has 6 nitrogen and oxygen atoms in total. The number of unbranched alkanes of at least 4 members (excludes halogenated alkanes) is 2. The highest BCUT2D eigenvalue weighted by Gasteiger charge is 2.10. The minimum Gasteiger partial charge on any atom is -0.495 e. The van der Waals surface area contributed by atoms with E-state index in [0.29, 0.717) is 28.8 Å². The van der Waals surface area contributed by atoms with Gasteiger partial charge in [-0.15, -0.1) is 0 Å². The highest BCUT2D eigenvalue weighted by atomic mass is 35.5. The Bertz CT molecular complexity index is 720. The summed E-state index contributed by atoms with van der Waals surface area (Å²) in [7, 11) is 1.57. The van der Waals surface area contributed by atoms with E-state index in [1.54, 1.807) is 13.2 Å². The van der Waals surface area contributed by atoms with Crippen LogP contribution in [0, 0.1) is 6.92 Å². The van der Waals surface area contributed by atoms with Gasteiger partial charge in [0, 0.05) is 17.6 Å². The number of nitrogens with one attached hydrogen (secondary N) is 2. The maximum absolute atomic E-state index is 12.0. The zero-order valence-electron chi connectivity index (χ0n) is 14.7. The molecule has 134 valence electrons. The van der Waals surface area contributed by atoms with Gasteiger partial charge >= 0.3 is 0 Å². The van der Waals surface area contributed by atoms with Crippen molar-refractivity contribution < 1.29 is 9.53 Å². The van der Waals surface area contributed by atoms with Crippen LogP contribution >= 0.6 is 11.6 Å². The molecule has 0 saturated carbocycles. The standard InChI is InChI=1S/C18H23ClN4O2/c1-4-5-6-7-20-18(24)15-10-22-17(11-21-15)23-14-8-12(2)13(19)9-16(14)25-3/h8-11H,4-7H2,1-3H3,(H,20,24)(H,22,23). The van der Waals surface area contributed by atoms with Gasteiger partial charge in [-0.2, -0.15) is 0 Å². The minimum atomic E-state index is -0.213. The van der Waals surface area contributed by atoms with Crippen LogP contribution in [0.1, 0.15) is 42.2 Å². The van der Waals surface area contributed by atoms with E-state index in [4.69, 9.17) is 16.3 Å². The molecular weight excluding hydrogens is 340 g/mol. The number of carbonyl (C=O) groups excluding carboxylic acids is 1. The van der Waals surface area contributed by atoms with Crippen molar-refractivity contribution in [2.45, 2.75) is 33.1 Å². The van der Waals surface area contributed by atoms with Crippen molar-refractivity contribution in [1.82, 2.24) is 15.3 Å². The highest BCUT2D eigenvalue weighted by molar-refractivity contribution is 6.31. The first-order valence-electron chi connectivity index (χ1n) is 8.26. The number of aromatic nitrogens is 2. The minimum absolute atomic E-state index is 0.213. The first-order chi connectivity index (χ1) is 12.0. The molecule has 0 aliphatic heterocycles. The van der Waals surface area contributed by atoms with Crippen LogP contribution in [0.3, 0.4) is 0 Å². The van der Waals surface area contributed by atoms with Gasteiger partial charge in [-0.1, -0.05) is 31.4 Å². The lowest BCUT2D eigenvalue weighted by Crippen LogP contribution is -2.25. The van der Waals surface area contributed by atoms with Gasteiger partial charge in [0.15, 0.2) is 0 Å². The van der Waals surface area contributed by atoms with E-state index < -0.39 is 0 Å². The molecule has 1 heterocycles. The second-order valence-corrected chi connectivity index (χ2v) is 6.08. The zero-order chi connectivity index (χ0) is 18.2. The molecule has 1 amide bonds. The summed E-state index contributed by atoms with van der Waals surface area (Å²) in [6.45, 7) is 4.68. The largest absolute Gasteiger partial charge is 0.495 e. The van der Waals surface area contributed by atoms with E-state index >= 15 is 0 Å². The lowest BCUT2D eigenvalue weighted by molar-refractivity contribution is 0.0947. The number of nitrogens with zero attached hydrogens (tertiary/aromatic N) is 2. The van der Waals surface area contributed by atoms with Crippen LogP contribution < -0.4 is 15.4 Å². The third kappa shape index (κ3) is 5.32. The highest BCUT2D eigenvalue weighted by Crippen LogP contribution is 2.32. The zero-order valence-corrected chi connectivity index (χ0v) is 15.5. The molecule has 2 aromatic rings. The Morgan fingerprint density at radius 2 is 2.04 bits per heavy atom. The summed E-state index contributed by atoms with van der Waals surface area (Å²) in [6.07, 6.45) is 6.14. The molecule has 0 spiro atoms. The van der Waals surface area contributed by atoms with E-state index in [-0.39, 0.29) is 5.91 Å². The topological polar surface area (TPSA) is 76.1 Å². The van der Waals surface area contributed by atoms with Crippen molar-refractivity contribution in [2.24, 2.45) is 0 Å². The number of anilines is 2. The Morgan fingerprint density at radius 1 is 1.24 bits per heavy atom. The molecule has 0 aliphatic carbocycles. The van der Waals surface area contributed by atoms with Gasteiger partial charge < -0.3 is 15.4 Å². The van der Waals surface area contributed by atoms with Crippen LogP contribution in [-0.2, 0) is 0 Å². The number of benzene rings is 1. The Labute approximate surface area is 153 Å². The number of amides is 1. The van der Waals surface area contributed by atoms with E-state index in [9.17, 15) is 4.79 Å². The molecule has 0 bridgehead atoms. The molecule has 0 saturated heterocycles. The van der Waals surface area contributed by atoms with Gasteiger partial charge in [0.2, 0.25) is 0 Å². The monoisotopic (exact) mass is 362 g/mol. The quantitative estimate of drug-likeness (QED) is 0.691. The molecule has 0 atom stereocenters. The Morgan fingerprint density at radius 3 is 2.68 bits per heavy atom. The number of carbonyl (C=O) groups is 1. The van der Waals surface area contributed by atoms with Crippen molar-refractivity contribution in [2.75, 3.05) is 19.0 Å². The number of halogens is 1. The third-order valence-corrected chi connectivity index (χ3v) is 4.10. The SMILES string of the molecule is CCCCCNC(=O)c1cnc(Nc2cc(C)c(Cl)cc2OC)cn1. The molecule has 1 aromatic heterocycles. The fourth-order valence-electron chi connectivity index (χ4n) is 2.25. The number of ether oxygens (including phenoxy) is 1. The Balaban J connectivity index is 2.03. The molecule has 0 radical (unpaired) electrons. The Kier molecular flexibility index (Phi) is 7.01. The smallest absolute Gasteiger partial charge is 0.271 e. The first kappa shape index (κ1) is 19.0. The van der Waals surface area contributed by atoms with E-state index in [1.807, 2.05) is 13.0 Å². The van der Waals surface area contributed by atoms with Gasteiger partial charge in [0.25, 0.3) is 5.91 Å². The summed E-state index contributed by atoms with van der Waals surface area (Å²) in [4.78, 5) is 20.4. The normalized spacial score (nSPS) is 10.4. The van der Waals surface area contributed by atoms with Gasteiger partial charge in [-0.25, -0.2) is 9.97 Å². The van der Waals surface area contributed by atoms with Gasteiger partial charge in [-0.3, -0.25) is 4.79 Å². The lowest BCUT2D eigenvalue weighted by Gasteiger charge is -2.12. The van der Waals surface area contributed by atoms with Gasteiger partial charge in [0.05, 0.1) is 25.2 Å². The van der Waals surface area contributed by atoms with Crippen molar-refractivity contribution in [1.29, 1.82) is 0 Å². The fourth-order valence-corrected chi connectivity index (χ4v) is 2.40. The van der Waals surface area contributed by atoms with Crippen LogP contribution in [-0.4, -0.2) is 29.5 Å². The fraction of sp³-hybridized carbons (Fsp3) is 0.389. The summed E-state index contributed by atoms with van der Waals surface area (Å²) >= 11 is 6.10. The molecule has 0 unspecified atom stereocenters. The molecule has 1 aromatic carbocycles. The molecular formula is C18H23ClN4O2. The summed E-state index contributed by atoms with van der Waals surface area (Å²) in [5.74, 6) is 0.910. The molecule has 0 fully saturated rings. The summed E-state index contributed by atoms with van der Waals surface area (Å²) in [5.41, 5.74) is 1.94. The maximum Gasteiger partial charge on any atom is 0.271 e. The second-order valence-electron chi connectivity index (χ2n) is 5.68. The van der Waals surface area contributed by atoms with Crippen LogP contribution in [0.2, 0.25) is 5.02 Å². The van der Waals surface area contributed by atoms with Crippen molar-refractivity contribution in [3.8, 4) is 5.75 Å². The predicted molar refractivity (Wildman–Crippen MR) is 99.9 cm³/mol. The average Bonchev–Trinajstić information content (AvgIpc) is 2.62. The van der Waals surface area contributed by atoms with E-state index in [1.165, 1.54) is 12.4 Å². The van der Waals surface area contributed by atoms with Gasteiger partial charge in [0.1, 0.15) is 17.3 Å². The van der Waals surface area contributed by atoms with Crippen LogP contribution in [0.5, 0.6) is 5.75 Å². The number of rotatable bonds is 8. The average molecular weight is 363 g/mol. The van der Waals surface area contributed by atoms with Crippen LogP contribution in [0.25, 0.3) is 0 Å². The lowest BCUT2D eigenvalue weighted by atomic mass is 10.2. The summed E-state index contributed by atoms with van der Waals surface area (Å²) < 4.78 is 5.32. The molecule has 2 rings (SSSR count). The van der Waals surface area contributed by atoms with Crippen molar-refractivity contribution >= 4 is 29.0 Å². The molecule has 7 heteroatoms. The molecule has 2 N–H and O–H groups in total. The van der Waals surface area contributed by atoms with E-state index in [0.717, 1.165) is 30.5 Å². The summed E-state index contributed by atoms with van der Waals surface area (Å²) in [5, 5.41) is 6.60. The maximum atomic E-state index is 12.0. The molecule has 25 heavy (non-hydrogen) atoms. The number of hydrogen-bond donors (Lipinski definition) is 2.